The largest absolute Gasteiger partial charge is 0.344 e. The van der Waals surface area contributed by atoms with E-state index in [1.54, 1.807) is 18.3 Å². The van der Waals surface area contributed by atoms with Gasteiger partial charge in [-0.2, -0.15) is 0 Å². The van der Waals surface area contributed by atoms with Crippen molar-refractivity contribution >= 4 is 29.7 Å². The monoisotopic (exact) mass is 382 g/mol. The number of aromatic nitrogens is 1. The molecule has 1 aromatic heterocycles. The molecule has 2 heterocycles. The Labute approximate surface area is 156 Å². The number of hydrogen-bond acceptors (Lipinski definition) is 4. The molecule has 2 aromatic rings. The van der Waals surface area contributed by atoms with E-state index >= 15 is 0 Å². The van der Waals surface area contributed by atoms with Crippen LogP contribution in [0.3, 0.4) is 0 Å². The molecule has 0 bridgehead atoms. The van der Waals surface area contributed by atoms with E-state index < -0.39 is 17.9 Å². The van der Waals surface area contributed by atoms with Gasteiger partial charge in [0.2, 0.25) is 0 Å². The van der Waals surface area contributed by atoms with Crippen molar-refractivity contribution in [2.75, 3.05) is 11.2 Å². The Morgan fingerprint density at radius 3 is 2.42 bits per heavy atom. The molecule has 6 heteroatoms. The number of benzene rings is 1. The number of nitrogens with zero attached hydrogens (tertiary/aromatic N) is 2. The number of rotatable bonds is 2. The van der Waals surface area contributed by atoms with Crippen molar-refractivity contribution < 1.29 is 8.42 Å². The van der Waals surface area contributed by atoms with Gasteiger partial charge in [-0.25, -0.2) is 13.4 Å². The molecule has 0 radical (unpaired) electrons. The van der Waals surface area contributed by atoms with Crippen LogP contribution in [0.5, 0.6) is 0 Å². The summed E-state index contributed by atoms with van der Waals surface area (Å²) in [7, 11) is -4.64. The van der Waals surface area contributed by atoms with Crippen LogP contribution in [-0.2, 0) is 16.4 Å². The van der Waals surface area contributed by atoms with Crippen LogP contribution >= 0.6 is 0 Å². The minimum atomic E-state index is -3.18. The van der Waals surface area contributed by atoms with Crippen molar-refractivity contribution in [1.82, 2.24) is 4.98 Å². The fraction of sp³-hybridized carbons (Fsp3) is 0.250. The predicted molar refractivity (Wildman–Crippen MR) is 109 cm³/mol. The fourth-order valence-corrected chi connectivity index (χ4v) is 3.77. The van der Waals surface area contributed by atoms with Crippen molar-refractivity contribution in [2.24, 2.45) is 0 Å². The first-order valence-corrected chi connectivity index (χ1v) is 13.8. The van der Waals surface area contributed by atoms with E-state index in [9.17, 15) is 8.42 Å². The zero-order valence-corrected chi connectivity index (χ0v) is 17.3. The highest BCUT2D eigenvalue weighted by Gasteiger charge is 2.16. The standard InChI is InChI=1S/C20H22N2O2SSi/c1-25(23,24)18-7-5-17(6-8-18)22-13-10-19-16(15-22)9-12-21-20(19)11-14-26(2,3)4/h5-10,12-13H,15H2,1-4H3. The molecule has 0 N–H and O–H groups in total. The van der Waals surface area contributed by atoms with Crippen LogP contribution in [0.15, 0.2) is 47.6 Å². The maximum atomic E-state index is 11.6. The maximum Gasteiger partial charge on any atom is 0.175 e. The Balaban J connectivity index is 1.89. The molecule has 0 saturated heterocycles. The van der Waals surface area contributed by atoms with E-state index in [0.29, 0.717) is 11.4 Å². The Hall–Kier alpha value is -2.36. The van der Waals surface area contributed by atoms with Crippen molar-refractivity contribution in [2.45, 2.75) is 31.1 Å². The molecule has 0 amide bonds. The SMILES string of the molecule is C[Si](C)(C)C#Cc1nccc2c1C=CN(c1ccc(S(C)(=O)=O)cc1)C2. The Bertz CT molecular complexity index is 1020. The van der Waals surface area contributed by atoms with Crippen LogP contribution < -0.4 is 4.90 Å². The van der Waals surface area contributed by atoms with Gasteiger partial charge in [-0.15, -0.1) is 5.54 Å². The highest BCUT2D eigenvalue weighted by atomic mass is 32.2. The van der Waals surface area contributed by atoms with Gasteiger partial charge in [0.15, 0.2) is 9.84 Å². The maximum absolute atomic E-state index is 11.6. The molecule has 26 heavy (non-hydrogen) atoms. The lowest BCUT2D eigenvalue weighted by Gasteiger charge is -2.26. The molecule has 0 aliphatic carbocycles. The second-order valence-corrected chi connectivity index (χ2v) is 14.2. The average molecular weight is 383 g/mol. The number of fused-ring (bicyclic) bond motifs is 1. The Morgan fingerprint density at radius 2 is 1.81 bits per heavy atom. The molecule has 4 nitrogen and oxygen atoms in total. The van der Waals surface area contributed by atoms with Gasteiger partial charge in [-0.1, -0.05) is 25.6 Å². The van der Waals surface area contributed by atoms with Crippen LogP contribution in [0.1, 0.15) is 16.8 Å². The summed E-state index contributed by atoms with van der Waals surface area (Å²) in [6.07, 6.45) is 7.05. The van der Waals surface area contributed by atoms with Crippen molar-refractivity contribution in [1.29, 1.82) is 0 Å². The van der Waals surface area contributed by atoms with Gasteiger partial charge in [0, 0.05) is 36.4 Å². The summed E-state index contributed by atoms with van der Waals surface area (Å²) in [6, 6.07) is 8.96. The summed E-state index contributed by atoms with van der Waals surface area (Å²) >= 11 is 0. The van der Waals surface area contributed by atoms with Crippen molar-refractivity contribution in [3.05, 3.63) is 59.5 Å². The Morgan fingerprint density at radius 1 is 1.12 bits per heavy atom. The number of anilines is 1. The average Bonchev–Trinajstić information content (AvgIpc) is 2.58. The molecule has 1 aromatic carbocycles. The highest BCUT2D eigenvalue weighted by Crippen LogP contribution is 2.27. The number of sulfone groups is 1. The van der Waals surface area contributed by atoms with Crippen LogP contribution in [-0.4, -0.2) is 27.7 Å². The predicted octanol–water partition coefficient (Wildman–Crippen LogP) is 3.70. The molecule has 0 fully saturated rings. The summed E-state index contributed by atoms with van der Waals surface area (Å²) in [6.45, 7) is 7.35. The van der Waals surface area contributed by atoms with E-state index in [-0.39, 0.29) is 0 Å². The molecule has 0 saturated carbocycles. The van der Waals surface area contributed by atoms with Crippen LogP contribution in [0, 0.1) is 11.5 Å². The van der Waals surface area contributed by atoms with Crippen LogP contribution in [0.4, 0.5) is 5.69 Å². The van der Waals surface area contributed by atoms with Gasteiger partial charge in [0.05, 0.1) is 4.90 Å². The second kappa shape index (κ2) is 6.75. The quantitative estimate of drug-likeness (QED) is 0.587. The van der Waals surface area contributed by atoms with Crippen molar-refractivity contribution in [3.63, 3.8) is 0 Å². The lowest BCUT2D eigenvalue weighted by atomic mass is 10.0. The third-order valence-corrected chi connectivity index (χ3v) is 6.00. The summed E-state index contributed by atoms with van der Waals surface area (Å²) in [5.41, 5.74) is 7.38. The topological polar surface area (TPSA) is 50.3 Å². The normalized spacial score (nSPS) is 13.8. The zero-order chi connectivity index (χ0) is 18.9. The molecule has 0 atom stereocenters. The lowest BCUT2D eigenvalue weighted by molar-refractivity contribution is 0.602. The number of pyridine rings is 1. The van der Waals surface area contributed by atoms with E-state index in [0.717, 1.165) is 22.5 Å². The van der Waals surface area contributed by atoms with Gasteiger partial charge in [-0.05, 0) is 42.0 Å². The lowest BCUT2D eigenvalue weighted by Crippen LogP contribution is -2.20. The van der Waals surface area contributed by atoms with Gasteiger partial charge in [0.1, 0.15) is 13.8 Å². The summed E-state index contributed by atoms with van der Waals surface area (Å²) in [4.78, 5) is 6.86. The van der Waals surface area contributed by atoms with Gasteiger partial charge >= 0.3 is 0 Å². The summed E-state index contributed by atoms with van der Waals surface area (Å²) < 4.78 is 23.2. The van der Waals surface area contributed by atoms with E-state index in [1.807, 2.05) is 30.5 Å². The number of hydrogen-bond donors (Lipinski definition) is 0. The molecule has 0 unspecified atom stereocenters. The first kappa shape index (κ1) is 18.4. The summed E-state index contributed by atoms with van der Waals surface area (Å²) in [5.74, 6) is 3.26. The second-order valence-electron chi connectivity index (χ2n) is 7.44. The van der Waals surface area contributed by atoms with Crippen LogP contribution in [0.25, 0.3) is 6.08 Å². The highest BCUT2D eigenvalue weighted by molar-refractivity contribution is 7.90. The zero-order valence-electron chi connectivity index (χ0n) is 15.4. The molecular formula is C20H22N2O2SSi. The molecule has 3 rings (SSSR count). The first-order valence-electron chi connectivity index (χ1n) is 8.39. The molecule has 134 valence electrons. The van der Waals surface area contributed by atoms with Gasteiger partial charge < -0.3 is 4.90 Å². The smallest absolute Gasteiger partial charge is 0.175 e. The molecule has 0 spiro atoms. The fourth-order valence-electron chi connectivity index (χ4n) is 2.65. The van der Waals surface area contributed by atoms with Gasteiger partial charge in [-0.3, -0.25) is 0 Å². The van der Waals surface area contributed by atoms with Gasteiger partial charge in [0.25, 0.3) is 0 Å². The molecule has 1 aliphatic rings. The third-order valence-electron chi connectivity index (χ3n) is 3.99. The van der Waals surface area contributed by atoms with E-state index in [2.05, 4.69) is 41.0 Å². The minimum Gasteiger partial charge on any atom is -0.344 e. The van der Waals surface area contributed by atoms with E-state index in [1.165, 1.54) is 6.26 Å². The van der Waals surface area contributed by atoms with Crippen LogP contribution in [0.2, 0.25) is 19.6 Å². The third kappa shape index (κ3) is 4.24. The summed E-state index contributed by atoms with van der Waals surface area (Å²) in [5, 5.41) is 0. The molecular weight excluding hydrogens is 360 g/mol. The Kier molecular flexibility index (Phi) is 4.78. The minimum absolute atomic E-state index is 0.329. The molecule has 1 aliphatic heterocycles. The van der Waals surface area contributed by atoms with Crippen molar-refractivity contribution in [3.8, 4) is 11.5 Å². The first-order chi connectivity index (χ1) is 12.1. The van der Waals surface area contributed by atoms with E-state index in [4.69, 9.17) is 0 Å².